The number of imidazole rings is 1. The standard InChI is InChI=1S/C13H19N3O3S2/c1-10-11(16-6-7-20-12(16)14-10)8-15(2)21(17,18)13(4-5-13)9-19-3/h6-7H,4-5,8-9H2,1-3H3. The molecule has 0 amide bonds. The van der Waals surface area contributed by atoms with Gasteiger partial charge in [-0.3, -0.25) is 4.40 Å². The van der Waals surface area contributed by atoms with E-state index < -0.39 is 14.8 Å². The number of sulfonamides is 1. The number of rotatable bonds is 6. The summed E-state index contributed by atoms with van der Waals surface area (Å²) >= 11 is 1.55. The highest BCUT2D eigenvalue weighted by Crippen LogP contribution is 2.45. The van der Waals surface area contributed by atoms with Crippen LogP contribution >= 0.6 is 11.3 Å². The Balaban J connectivity index is 1.88. The smallest absolute Gasteiger partial charge is 0.222 e. The van der Waals surface area contributed by atoms with Crippen molar-refractivity contribution in [3.8, 4) is 0 Å². The lowest BCUT2D eigenvalue weighted by Gasteiger charge is -2.23. The van der Waals surface area contributed by atoms with Crippen LogP contribution in [0.1, 0.15) is 24.2 Å². The van der Waals surface area contributed by atoms with Gasteiger partial charge in [-0.1, -0.05) is 0 Å². The number of hydrogen-bond acceptors (Lipinski definition) is 5. The molecule has 21 heavy (non-hydrogen) atoms. The highest BCUT2D eigenvalue weighted by atomic mass is 32.2. The second kappa shape index (κ2) is 5.05. The lowest BCUT2D eigenvalue weighted by atomic mass is 10.3. The van der Waals surface area contributed by atoms with Gasteiger partial charge in [0.2, 0.25) is 10.0 Å². The van der Waals surface area contributed by atoms with Crippen LogP contribution in [0.25, 0.3) is 4.96 Å². The lowest BCUT2D eigenvalue weighted by molar-refractivity contribution is 0.189. The maximum atomic E-state index is 12.7. The van der Waals surface area contributed by atoms with Gasteiger partial charge in [0.25, 0.3) is 0 Å². The number of methoxy groups -OCH3 is 1. The van der Waals surface area contributed by atoms with E-state index in [1.165, 1.54) is 4.31 Å². The molecule has 2 aromatic rings. The molecule has 116 valence electrons. The maximum Gasteiger partial charge on any atom is 0.222 e. The Labute approximate surface area is 128 Å². The fourth-order valence-corrected chi connectivity index (χ4v) is 5.25. The molecule has 1 aliphatic rings. The number of nitrogens with zero attached hydrogens (tertiary/aromatic N) is 3. The Kier molecular flexibility index (Phi) is 3.59. The van der Waals surface area contributed by atoms with Crippen molar-refractivity contribution < 1.29 is 13.2 Å². The van der Waals surface area contributed by atoms with Crippen molar-refractivity contribution in [2.75, 3.05) is 20.8 Å². The Hall–Kier alpha value is -0.960. The summed E-state index contributed by atoms with van der Waals surface area (Å²) in [5.41, 5.74) is 1.80. The molecule has 0 unspecified atom stereocenters. The lowest BCUT2D eigenvalue weighted by Crippen LogP contribution is -2.40. The van der Waals surface area contributed by atoms with Crippen LogP contribution in [-0.2, 0) is 21.3 Å². The van der Waals surface area contributed by atoms with E-state index in [0.29, 0.717) is 19.4 Å². The summed E-state index contributed by atoms with van der Waals surface area (Å²) in [5, 5.41) is 1.95. The molecule has 1 fully saturated rings. The van der Waals surface area contributed by atoms with Crippen molar-refractivity contribution in [3.05, 3.63) is 23.0 Å². The second-order valence-electron chi connectivity index (χ2n) is 5.58. The van der Waals surface area contributed by atoms with Crippen LogP contribution in [0.3, 0.4) is 0 Å². The summed E-state index contributed by atoms with van der Waals surface area (Å²) in [5.74, 6) is 0. The maximum absolute atomic E-state index is 12.7. The van der Waals surface area contributed by atoms with Crippen LogP contribution in [0.2, 0.25) is 0 Å². The molecule has 0 atom stereocenters. The van der Waals surface area contributed by atoms with Crippen molar-refractivity contribution >= 4 is 26.3 Å². The minimum Gasteiger partial charge on any atom is -0.383 e. The average molecular weight is 329 g/mol. The van der Waals surface area contributed by atoms with Gasteiger partial charge < -0.3 is 4.74 Å². The molecule has 2 aromatic heterocycles. The minimum absolute atomic E-state index is 0.263. The molecule has 0 bridgehead atoms. The van der Waals surface area contributed by atoms with Crippen LogP contribution in [-0.4, -0.2) is 47.6 Å². The van der Waals surface area contributed by atoms with Gasteiger partial charge in [-0.15, -0.1) is 11.3 Å². The zero-order valence-electron chi connectivity index (χ0n) is 12.4. The van der Waals surface area contributed by atoms with Gasteiger partial charge in [0, 0.05) is 25.7 Å². The summed E-state index contributed by atoms with van der Waals surface area (Å²) in [7, 11) is -0.181. The molecule has 2 heterocycles. The predicted octanol–water partition coefficient (Wildman–Crippen LogP) is 1.64. The molecule has 0 aromatic carbocycles. The van der Waals surface area contributed by atoms with Crippen LogP contribution in [0.15, 0.2) is 11.6 Å². The van der Waals surface area contributed by atoms with Crippen LogP contribution in [0.5, 0.6) is 0 Å². The number of aromatic nitrogens is 2. The van der Waals surface area contributed by atoms with E-state index in [-0.39, 0.29) is 6.61 Å². The molecule has 3 rings (SSSR count). The van der Waals surface area contributed by atoms with Gasteiger partial charge in [0.05, 0.1) is 24.5 Å². The molecule has 0 N–H and O–H groups in total. The third kappa shape index (κ3) is 2.30. The van der Waals surface area contributed by atoms with E-state index >= 15 is 0 Å². The summed E-state index contributed by atoms with van der Waals surface area (Å²) < 4.78 is 33.3. The minimum atomic E-state index is -3.36. The molecule has 0 aliphatic heterocycles. The van der Waals surface area contributed by atoms with E-state index in [4.69, 9.17) is 4.74 Å². The highest BCUT2D eigenvalue weighted by molar-refractivity contribution is 7.90. The van der Waals surface area contributed by atoms with Crippen molar-refractivity contribution in [3.63, 3.8) is 0 Å². The van der Waals surface area contributed by atoms with E-state index in [1.807, 2.05) is 22.9 Å². The van der Waals surface area contributed by atoms with Crippen molar-refractivity contribution in [1.29, 1.82) is 0 Å². The Morgan fingerprint density at radius 1 is 1.52 bits per heavy atom. The molecule has 1 aliphatic carbocycles. The molecule has 8 heteroatoms. The van der Waals surface area contributed by atoms with Crippen molar-refractivity contribution in [2.45, 2.75) is 31.1 Å². The fraction of sp³-hybridized carbons (Fsp3) is 0.615. The largest absolute Gasteiger partial charge is 0.383 e. The van der Waals surface area contributed by atoms with Gasteiger partial charge in [0.1, 0.15) is 4.75 Å². The number of aryl methyl sites for hydroxylation is 1. The zero-order valence-corrected chi connectivity index (χ0v) is 14.0. The normalized spacial score (nSPS) is 17.7. The molecular formula is C13H19N3O3S2. The predicted molar refractivity (Wildman–Crippen MR) is 82.0 cm³/mol. The molecule has 1 saturated carbocycles. The number of thiazole rings is 1. The number of ether oxygens (including phenoxy) is 1. The topological polar surface area (TPSA) is 63.9 Å². The third-order valence-electron chi connectivity index (χ3n) is 4.11. The zero-order chi connectivity index (χ0) is 15.3. The molecule has 0 spiro atoms. The van der Waals surface area contributed by atoms with Crippen LogP contribution in [0.4, 0.5) is 0 Å². The summed E-state index contributed by atoms with van der Waals surface area (Å²) in [6.07, 6.45) is 3.28. The quantitative estimate of drug-likeness (QED) is 0.808. The van der Waals surface area contributed by atoms with Crippen LogP contribution in [0, 0.1) is 6.92 Å². The first-order valence-electron chi connectivity index (χ1n) is 6.77. The Morgan fingerprint density at radius 3 is 2.86 bits per heavy atom. The average Bonchev–Trinajstić information content (AvgIpc) is 2.99. The molecule has 6 nitrogen and oxygen atoms in total. The van der Waals surface area contributed by atoms with Gasteiger partial charge in [0.15, 0.2) is 4.96 Å². The van der Waals surface area contributed by atoms with Crippen molar-refractivity contribution in [2.24, 2.45) is 0 Å². The summed E-state index contributed by atoms with van der Waals surface area (Å²) in [4.78, 5) is 5.35. The van der Waals surface area contributed by atoms with Gasteiger partial charge in [-0.25, -0.2) is 13.4 Å². The van der Waals surface area contributed by atoms with Gasteiger partial charge in [-0.05, 0) is 19.8 Å². The van der Waals surface area contributed by atoms with Crippen LogP contribution < -0.4 is 0 Å². The van der Waals surface area contributed by atoms with E-state index in [1.54, 1.807) is 25.5 Å². The monoisotopic (exact) mass is 329 g/mol. The first-order valence-corrected chi connectivity index (χ1v) is 9.09. The first-order chi connectivity index (χ1) is 9.91. The highest BCUT2D eigenvalue weighted by Gasteiger charge is 2.56. The van der Waals surface area contributed by atoms with E-state index in [2.05, 4.69) is 4.98 Å². The third-order valence-corrected chi connectivity index (χ3v) is 7.43. The molecule has 0 saturated heterocycles. The van der Waals surface area contributed by atoms with Crippen molar-refractivity contribution in [1.82, 2.24) is 13.7 Å². The summed E-state index contributed by atoms with van der Waals surface area (Å²) in [6, 6.07) is 0. The number of hydrogen-bond donors (Lipinski definition) is 0. The first kappa shape index (κ1) is 15.0. The Bertz CT molecular complexity index is 759. The molecule has 0 radical (unpaired) electrons. The second-order valence-corrected chi connectivity index (χ2v) is 8.89. The SMILES string of the molecule is COCC1(S(=O)(=O)N(C)Cc2c(C)nc3sccn23)CC1. The number of fused-ring (bicyclic) bond motifs is 1. The van der Waals surface area contributed by atoms with E-state index in [0.717, 1.165) is 16.3 Å². The van der Waals surface area contributed by atoms with Gasteiger partial charge >= 0.3 is 0 Å². The van der Waals surface area contributed by atoms with Gasteiger partial charge in [-0.2, -0.15) is 4.31 Å². The fourth-order valence-electron chi connectivity index (χ4n) is 2.64. The van der Waals surface area contributed by atoms with E-state index in [9.17, 15) is 8.42 Å². The Morgan fingerprint density at radius 2 is 2.24 bits per heavy atom. The molecular weight excluding hydrogens is 310 g/mol. The summed E-state index contributed by atoms with van der Waals surface area (Å²) in [6.45, 7) is 2.51.